The summed E-state index contributed by atoms with van der Waals surface area (Å²) in [5.74, 6) is -8.95. The minimum absolute atomic E-state index is 0.00666. The van der Waals surface area contributed by atoms with Crippen LogP contribution in [0, 0.1) is 17.6 Å². The number of carbonyl (C=O) groups is 1. The van der Waals surface area contributed by atoms with Crippen molar-refractivity contribution in [2.45, 2.75) is 56.7 Å². The third-order valence-electron chi connectivity index (χ3n) is 9.78. The molecule has 8 rings (SSSR count). The molecule has 0 spiro atoms. The first-order chi connectivity index (χ1) is 26.9. The molecule has 2 aliphatic carbocycles. The van der Waals surface area contributed by atoms with Crippen molar-refractivity contribution in [3.63, 3.8) is 0 Å². The van der Waals surface area contributed by atoms with Crippen molar-refractivity contribution in [1.29, 1.82) is 0 Å². The van der Waals surface area contributed by atoms with E-state index in [-0.39, 0.29) is 67.3 Å². The van der Waals surface area contributed by atoms with Crippen LogP contribution in [0.15, 0.2) is 54.6 Å². The number of fused-ring (bicyclic) bond motifs is 5. The lowest BCUT2D eigenvalue weighted by molar-refractivity contribution is -0.123. The molecule has 11 nitrogen and oxygen atoms in total. The Hall–Kier alpha value is -5.37. The molecule has 298 valence electrons. The molecule has 3 atom stereocenters. The van der Waals surface area contributed by atoms with Gasteiger partial charge in [0.05, 0.1) is 50.6 Å². The third-order valence-corrected chi connectivity index (χ3v) is 10.7. The molecule has 3 aromatic heterocycles. The summed E-state index contributed by atoms with van der Waals surface area (Å²) in [5, 5.41) is 10.2. The number of carbonyl (C=O) groups excluding carboxylic acids is 1. The molecule has 1 fully saturated rings. The average Bonchev–Trinajstić information content (AvgIpc) is 3.64. The van der Waals surface area contributed by atoms with Crippen LogP contribution < -0.4 is 10.0 Å². The number of para-hydroxylation sites is 2. The Morgan fingerprint density at radius 1 is 0.965 bits per heavy atom. The van der Waals surface area contributed by atoms with Crippen molar-refractivity contribution in [1.82, 2.24) is 34.8 Å². The summed E-state index contributed by atoms with van der Waals surface area (Å²) in [6.45, 7) is -2.02. The maximum absolute atomic E-state index is 15.4. The van der Waals surface area contributed by atoms with Crippen LogP contribution >= 0.6 is 11.6 Å². The van der Waals surface area contributed by atoms with Gasteiger partial charge in [-0.05, 0) is 60.7 Å². The molecule has 0 aliphatic heterocycles. The van der Waals surface area contributed by atoms with Gasteiger partial charge in [0.2, 0.25) is 15.9 Å². The van der Waals surface area contributed by atoms with E-state index in [2.05, 4.69) is 20.2 Å². The summed E-state index contributed by atoms with van der Waals surface area (Å²) < 4.78 is 144. The summed E-state index contributed by atoms with van der Waals surface area (Å²) in [4.78, 5) is 23.4. The normalized spacial score (nSPS) is 17.7. The number of hydrogen-bond acceptors (Lipinski definition) is 7. The van der Waals surface area contributed by atoms with Crippen LogP contribution in [0.5, 0.6) is 0 Å². The second kappa shape index (κ2) is 13.9. The highest BCUT2D eigenvalue weighted by atomic mass is 35.5. The van der Waals surface area contributed by atoms with Gasteiger partial charge in [0.1, 0.15) is 36.1 Å². The molecule has 2 aliphatic rings. The van der Waals surface area contributed by atoms with Crippen LogP contribution in [0.4, 0.5) is 40.9 Å². The first-order valence-electron chi connectivity index (χ1n) is 17.1. The Morgan fingerprint density at radius 3 is 2.30 bits per heavy atom. The number of halogens is 9. The highest BCUT2D eigenvalue weighted by Gasteiger charge is 2.67. The lowest BCUT2D eigenvalue weighted by atomic mass is 9.97. The van der Waals surface area contributed by atoms with E-state index in [0.717, 1.165) is 23.1 Å². The number of benzene rings is 3. The van der Waals surface area contributed by atoms with Gasteiger partial charge in [-0.3, -0.25) is 18.9 Å². The van der Waals surface area contributed by atoms with Gasteiger partial charge in [-0.25, -0.2) is 44.7 Å². The Balaban J connectivity index is 1.30. The molecule has 1 amide bonds. The second-order valence-corrected chi connectivity index (χ2v) is 16.0. The van der Waals surface area contributed by atoms with Crippen molar-refractivity contribution in [3.05, 3.63) is 99.5 Å². The van der Waals surface area contributed by atoms with E-state index < -0.39 is 95.1 Å². The maximum atomic E-state index is 15.4. The van der Waals surface area contributed by atoms with Gasteiger partial charge in [-0.1, -0.05) is 23.7 Å². The van der Waals surface area contributed by atoms with Gasteiger partial charge in [0.15, 0.2) is 5.82 Å². The molecular weight excluding hydrogens is 812 g/mol. The zero-order chi connectivity index (χ0) is 40.7. The number of nitrogens with zero attached hydrogens (tertiary/aromatic N) is 6. The Labute approximate surface area is 322 Å². The summed E-state index contributed by atoms with van der Waals surface area (Å²) in [5.41, 5.74) is -1.82. The molecule has 0 saturated heterocycles. The lowest BCUT2D eigenvalue weighted by Gasteiger charge is -2.23. The van der Waals surface area contributed by atoms with Crippen LogP contribution in [0.2, 0.25) is 5.02 Å². The van der Waals surface area contributed by atoms with Gasteiger partial charge in [0.25, 0.3) is 18.8 Å². The highest BCUT2D eigenvalue weighted by molar-refractivity contribution is 7.92. The second-order valence-electron chi connectivity index (χ2n) is 13.8. The molecule has 57 heavy (non-hydrogen) atoms. The van der Waals surface area contributed by atoms with Crippen molar-refractivity contribution in [2.75, 3.05) is 11.0 Å². The standard InChI is InChI=1S/C36H27ClF8N8O3S/c1-57(55,56)51-35-28-21(37)7-6-18(32(28)52(50-35)13-25(40)41)29-30(48-23-5-3-2-4-22(23)47-29)24(10-15-8-16(38)11-17(39)9-15)46-26(54)14-53-33-27(31(49-53)34(42)43)19-12-20(19)36(33,44)45/h2-9,11,19-20,24-25,34H,10,12-14H2,1H3,(H,46,54)(H,50,51)/t19-,20+,24-/m0/s1. The fourth-order valence-electron chi connectivity index (χ4n) is 7.57. The highest BCUT2D eigenvalue weighted by Crippen LogP contribution is 2.68. The summed E-state index contributed by atoms with van der Waals surface area (Å²) in [6, 6.07) is 10.2. The lowest BCUT2D eigenvalue weighted by Crippen LogP contribution is -2.35. The van der Waals surface area contributed by atoms with E-state index in [0.29, 0.717) is 10.7 Å². The maximum Gasteiger partial charge on any atom is 0.293 e. The van der Waals surface area contributed by atoms with Crippen LogP contribution in [-0.4, -0.2) is 56.5 Å². The fraction of sp³-hybridized carbons (Fsp3) is 0.306. The smallest absolute Gasteiger partial charge is 0.293 e. The fourth-order valence-corrected chi connectivity index (χ4v) is 8.31. The Kier molecular flexibility index (Phi) is 9.41. The molecule has 1 saturated carbocycles. The number of nitrogens with one attached hydrogen (secondary N) is 2. The van der Waals surface area contributed by atoms with Gasteiger partial charge >= 0.3 is 0 Å². The van der Waals surface area contributed by atoms with Crippen molar-refractivity contribution >= 4 is 55.3 Å². The molecule has 3 aromatic carbocycles. The van der Waals surface area contributed by atoms with Gasteiger partial charge < -0.3 is 5.32 Å². The number of rotatable bonds is 12. The topological polar surface area (TPSA) is 137 Å². The van der Waals surface area contributed by atoms with Crippen molar-refractivity contribution in [3.8, 4) is 11.3 Å². The van der Waals surface area contributed by atoms with E-state index in [1.54, 1.807) is 24.3 Å². The largest absolute Gasteiger partial charge is 0.346 e. The first kappa shape index (κ1) is 38.5. The van der Waals surface area contributed by atoms with E-state index in [9.17, 15) is 39.6 Å². The molecule has 6 aromatic rings. The molecule has 0 unspecified atom stereocenters. The van der Waals surface area contributed by atoms with Gasteiger partial charge in [-0.2, -0.15) is 19.0 Å². The van der Waals surface area contributed by atoms with E-state index in [1.165, 1.54) is 12.1 Å². The van der Waals surface area contributed by atoms with E-state index in [4.69, 9.17) is 21.6 Å². The van der Waals surface area contributed by atoms with E-state index >= 15 is 8.78 Å². The van der Waals surface area contributed by atoms with Gasteiger partial charge in [-0.15, -0.1) is 0 Å². The molecule has 3 heterocycles. The number of hydrogen-bond donors (Lipinski definition) is 2. The zero-order valence-electron chi connectivity index (χ0n) is 29.1. The summed E-state index contributed by atoms with van der Waals surface area (Å²) in [6.07, 6.45) is -5.82. The predicted octanol–water partition coefficient (Wildman–Crippen LogP) is 7.66. The number of sulfonamides is 1. The Bertz CT molecular complexity index is 2710. The van der Waals surface area contributed by atoms with Crippen LogP contribution in [0.25, 0.3) is 33.2 Å². The van der Waals surface area contributed by atoms with Crippen molar-refractivity contribution < 1.29 is 48.3 Å². The van der Waals surface area contributed by atoms with Crippen LogP contribution in [0.1, 0.15) is 53.0 Å². The van der Waals surface area contributed by atoms with E-state index in [1.807, 2.05) is 0 Å². The van der Waals surface area contributed by atoms with Crippen LogP contribution in [-0.2, 0) is 40.3 Å². The van der Waals surface area contributed by atoms with Gasteiger partial charge in [0, 0.05) is 23.1 Å². The van der Waals surface area contributed by atoms with Crippen LogP contribution in [0.3, 0.4) is 0 Å². The monoisotopic (exact) mass is 838 g/mol. The average molecular weight is 839 g/mol. The van der Waals surface area contributed by atoms with Crippen molar-refractivity contribution in [2.24, 2.45) is 5.92 Å². The Morgan fingerprint density at radius 2 is 1.65 bits per heavy atom. The molecule has 2 N–H and O–H groups in total. The SMILES string of the molecule is CS(=O)(=O)Nc1nn(CC(F)F)c2c(-c3nc4ccccc4nc3[C@H](Cc3cc(F)cc(F)c3)NC(=O)Cn3nc(C(F)F)c4c3C(F)(F)[C@@H]3C[C@H]43)ccc(Cl)c12. The molecule has 21 heteroatoms. The number of alkyl halides is 6. The predicted molar refractivity (Wildman–Crippen MR) is 191 cm³/mol. The number of amides is 1. The molecular formula is C36H27ClF8N8O3S. The third kappa shape index (κ3) is 7.13. The number of anilines is 1. The summed E-state index contributed by atoms with van der Waals surface area (Å²) >= 11 is 6.53. The summed E-state index contributed by atoms with van der Waals surface area (Å²) in [7, 11) is -4.03. The zero-order valence-corrected chi connectivity index (χ0v) is 30.7. The molecule has 0 radical (unpaired) electrons. The minimum atomic E-state index is -4.03. The minimum Gasteiger partial charge on any atom is -0.346 e. The molecule has 0 bridgehead atoms. The number of aromatic nitrogens is 6. The first-order valence-corrected chi connectivity index (χ1v) is 19.4. The quantitative estimate of drug-likeness (QED) is 0.121.